The van der Waals surface area contributed by atoms with E-state index in [4.69, 9.17) is 0 Å². The first-order valence-corrected chi connectivity index (χ1v) is 21.7. The Balaban J connectivity index is 1.78. The zero-order valence-electron chi connectivity index (χ0n) is 37.0. The zero-order chi connectivity index (χ0) is 41.6. The topological polar surface area (TPSA) is 105 Å². The van der Waals surface area contributed by atoms with Crippen molar-refractivity contribution in [3.8, 4) is 0 Å². The second-order valence-corrected chi connectivity index (χ2v) is 18.5. The highest BCUT2D eigenvalue weighted by atomic mass is 16.3. The molecule has 0 saturated heterocycles. The zero-order valence-corrected chi connectivity index (χ0v) is 37.0. The summed E-state index contributed by atoms with van der Waals surface area (Å²) in [4.78, 5) is 44.9. The molecule has 2 aromatic carbocycles. The Hall–Kier alpha value is -3.94. The largest absolute Gasteiger partial charge is 0.871 e. The molecule has 0 spiro atoms. The summed E-state index contributed by atoms with van der Waals surface area (Å²) in [7, 11) is 0. The van der Waals surface area contributed by atoms with Gasteiger partial charge in [-0.25, -0.2) is 4.58 Å². The molecule has 2 aliphatic heterocycles. The van der Waals surface area contributed by atoms with E-state index in [1.165, 1.54) is 0 Å². The predicted molar refractivity (Wildman–Crippen MR) is 230 cm³/mol. The molecule has 4 unspecified atom stereocenters. The molecule has 0 saturated carbocycles. The number of anilines is 3. The first kappa shape index (κ1) is 43.2. The van der Waals surface area contributed by atoms with E-state index in [2.05, 4.69) is 103 Å². The third kappa shape index (κ3) is 7.35. The Morgan fingerprint density at radius 3 is 1.82 bits per heavy atom. The minimum absolute atomic E-state index is 0.0872. The summed E-state index contributed by atoms with van der Waals surface area (Å²) in [6, 6.07) is 8.70. The summed E-state index contributed by atoms with van der Waals surface area (Å²) in [5.74, 6) is -1.24. The number of fused-ring (bicyclic) bond motifs is 2. The number of hydrogen-bond donors (Lipinski definition) is 2. The van der Waals surface area contributed by atoms with Crippen molar-refractivity contribution < 1.29 is 19.5 Å². The lowest BCUT2D eigenvalue weighted by molar-refractivity contribution is -0.292. The van der Waals surface area contributed by atoms with Crippen molar-refractivity contribution >= 4 is 45.8 Å². The average molecular weight is 767 g/mol. The van der Waals surface area contributed by atoms with Gasteiger partial charge in [-0.15, -0.1) is 0 Å². The number of rotatable bonds is 15. The smallest absolute Gasteiger partial charge is 0.227 e. The monoisotopic (exact) mass is 767 g/mol. The number of nitrogens with zero attached hydrogens (tertiary/aromatic N) is 2. The fraction of sp³-hybridized carbons (Fsp3) is 0.625. The van der Waals surface area contributed by atoms with Crippen molar-refractivity contribution in [3.05, 3.63) is 57.3 Å². The van der Waals surface area contributed by atoms with Gasteiger partial charge in [-0.05, 0) is 105 Å². The SMILES string of the molecule is CCCCC(CC)C(=O)Nc1cc2c(cc1C1=C([O-])/C(=c3/cc4c(cc3NC(=O)C(CC)CCCC)=[N+](C(C)C)C(C)C4(C)C)C1=O)C(C)(C)C(C)N2C(C)C. The van der Waals surface area contributed by atoms with E-state index in [1.54, 1.807) is 0 Å². The highest BCUT2D eigenvalue weighted by Gasteiger charge is 2.47. The molecule has 2 heterocycles. The van der Waals surface area contributed by atoms with Gasteiger partial charge in [0.05, 0.1) is 16.8 Å². The first-order chi connectivity index (χ1) is 26.3. The Morgan fingerprint density at radius 2 is 1.34 bits per heavy atom. The molecule has 5 rings (SSSR count). The fourth-order valence-electron chi connectivity index (χ4n) is 9.56. The van der Waals surface area contributed by atoms with Crippen LogP contribution in [-0.2, 0) is 25.2 Å². The lowest BCUT2D eigenvalue weighted by Crippen LogP contribution is -2.42. The van der Waals surface area contributed by atoms with Crippen LogP contribution in [0.3, 0.4) is 0 Å². The van der Waals surface area contributed by atoms with Gasteiger partial charge in [0.2, 0.25) is 17.2 Å². The molecule has 8 heteroatoms. The van der Waals surface area contributed by atoms with E-state index in [0.717, 1.165) is 60.7 Å². The van der Waals surface area contributed by atoms with E-state index in [0.29, 0.717) is 35.0 Å². The van der Waals surface area contributed by atoms with Crippen molar-refractivity contribution in [2.24, 2.45) is 11.8 Å². The van der Waals surface area contributed by atoms with Crippen LogP contribution in [0.5, 0.6) is 0 Å². The normalized spacial score (nSPS) is 21.7. The molecule has 1 aliphatic carbocycles. The Labute approximate surface area is 336 Å². The second-order valence-electron chi connectivity index (χ2n) is 18.5. The maximum atomic E-state index is 14.8. The lowest BCUT2D eigenvalue weighted by atomic mass is 9.76. The minimum Gasteiger partial charge on any atom is -0.871 e. The van der Waals surface area contributed by atoms with Crippen LogP contribution in [0, 0.1) is 11.8 Å². The van der Waals surface area contributed by atoms with E-state index in [1.807, 2.05) is 38.1 Å². The standard InChI is InChI=1S/C48H70N4O4/c1-15-19-21-31(17-3)45(55)49-37-25-39-35(47(11,12)29(9)51(39)27(5)6)23-33(37)41-43(53)42(44(41)54)34-24-36-40(52(28(7)8)30(10)48(36,13)14)26-38(34)50-46(56)32(18-4)22-20-16-2/h23-32H,15-22H2,1-14H3,(H2,49,50,53,54,55,56). The van der Waals surface area contributed by atoms with Crippen molar-refractivity contribution in [1.29, 1.82) is 0 Å². The third-order valence-corrected chi connectivity index (χ3v) is 13.8. The van der Waals surface area contributed by atoms with Crippen LogP contribution in [0.2, 0.25) is 0 Å². The van der Waals surface area contributed by atoms with E-state index >= 15 is 0 Å². The van der Waals surface area contributed by atoms with E-state index in [-0.39, 0.29) is 81.3 Å². The van der Waals surface area contributed by atoms with Gasteiger partial charge in [0.15, 0.2) is 11.8 Å². The highest BCUT2D eigenvalue weighted by Crippen LogP contribution is 2.50. The second kappa shape index (κ2) is 16.5. The summed E-state index contributed by atoms with van der Waals surface area (Å²) >= 11 is 0. The number of carbonyl (C=O) groups excluding carboxylic acids is 3. The summed E-state index contributed by atoms with van der Waals surface area (Å²) in [6.07, 6.45) is 6.86. The molecule has 2 N–H and O–H groups in total. The summed E-state index contributed by atoms with van der Waals surface area (Å²) in [5.41, 5.74) is 4.24. The molecule has 0 fully saturated rings. The van der Waals surface area contributed by atoms with Crippen LogP contribution in [0.25, 0.3) is 11.1 Å². The van der Waals surface area contributed by atoms with Gasteiger partial charge in [0.1, 0.15) is 6.04 Å². The maximum Gasteiger partial charge on any atom is 0.227 e. The summed E-state index contributed by atoms with van der Waals surface area (Å²) in [6.45, 7) is 30.2. The molecule has 0 bridgehead atoms. The van der Waals surface area contributed by atoms with Gasteiger partial charge in [0, 0.05) is 68.6 Å². The van der Waals surface area contributed by atoms with Gasteiger partial charge >= 0.3 is 0 Å². The molecule has 2 amide bonds. The molecular weight excluding hydrogens is 697 g/mol. The Bertz CT molecular complexity index is 2040. The van der Waals surface area contributed by atoms with Crippen LogP contribution in [0.4, 0.5) is 17.1 Å². The van der Waals surface area contributed by atoms with Crippen LogP contribution in [0.1, 0.15) is 165 Å². The summed E-state index contributed by atoms with van der Waals surface area (Å²) in [5, 5.41) is 22.7. The minimum atomic E-state index is -0.355. The number of allylic oxidation sites excluding steroid dienone is 2. The Kier molecular flexibility index (Phi) is 12.7. The number of amides is 2. The molecule has 56 heavy (non-hydrogen) atoms. The quantitative estimate of drug-likeness (QED) is 0.179. The highest BCUT2D eigenvalue weighted by molar-refractivity contribution is 6.52. The predicted octanol–water partition coefficient (Wildman–Crippen LogP) is 7.98. The maximum absolute atomic E-state index is 14.8. The molecule has 8 nitrogen and oxygen atoms in total. The van der Waals surface area contributed by atoms with Gasteiger partial charge < -0.3 is 20.6 Å². The number of unbranched alkanes of at least 4 members (excludes halogenated alkanes) is 2. The Morgan fingerprint density at radius 1 is 0.786 bits per heavy atom. The van der Waals surface area contributed by atoms with Crippen molar-refractivity contribution in [3.63, 3.8) is 0 Å². The van der Waals surface area contributed by atoms with Crippen LogP contribution >= 0.6 is 0 Å². The van der Waals surface area contributed by atoms with Gasteiger partial charge in [-0.1, -0.05) is 73.0 Å². The molecule has 0 radical (unpaired) electrons. The van der Waals surface area contributed by atoms with Crippen LogP contribution in [-0.4, -0.2) is 41.8 Å². The first-order valence-electron chi connectivity index (χ1n) is 21.7. The molecule has 0 aromatic heterocycles. The van der Waals surface area contributed by atoms with Crippen LogP contribution in [0.15, 0.2) is 30.0 Å². The lowest BCUT2D eigenvalue weighted by Gasteiger charge is -2.34. The molecule has 306 valence electrons. The average Bonchev–Trinajstić information content (AvgIpc) is 3.45. The van der Waals surface area contributed by atoms with Crippen molar-refractivity contribution in [1.82, 2.24) is 4.58 Å². The molecular formula is C48H70N4O4. The number of nitrogens with one attached hydrogen (secondary N) is 2. The van der Waals surface area contributed by atoms with Crippen LogP contribution < -0.4 is 35.8 Å². The van der Waals surface area contributed by atoms with Gasteiger partial charge in [-0.3, -0.25) is 14.4 Å². The van der Waals surface area contributed by atoms with Crippen molar-refractivity contribution in [2.45, 2.75) is 183 Å². The van der Waals surface area contributed by atoms with Gasteiger partial charge in [-0.2, -0.15) is 0 Å². The number of benzene rings is 2. The third-order valence-electron chi connectivity index (χ3n) is 13.8. The fourth-order valence-corrected chi connectivity index (χ4v) is 9.56. The van der Waals surface area contributed by atoms with E-state index in [9.17, 15) is 19.5 Å². The van der Waals surface area contributed by atoms with Gasteiger partial charge in [0.25, 0.3) is 0 Å². The molecule has 2 aromatic rings. The number of Topliss-reactive ketones (excluding diaryl/α,β-unsaturated/α-hetero) is 1. The summed E-state index contributed by atoms with van der Waals surface area (Å²) < 4.78 is 2.38. The van der Waals surface area contributed by atoms with E-state index < -0.39 is 0 Å². The molecule has 3 aliphatic rings. The number of hydrogen-bond acceptors (Lipinski definition) is 5. The number of carbonyl (C=O) groups is 3. The molecule has 4 atom stereocenters. The number of ketones is 1. The van der Waals surface area contributed by atoms with Crippen molar-refractivity contribution in [2.75, 3.05) is 15.5 Å².